The first kappa shape index (κ1) is 5.32. The summed E-state index contributed by atoms with van der Waals surface area (Å²) < 4.78 is 0. The minimum absolute atomic E-state index is 1.25. The van der Waals surface area contributed by atoms with Crippen LogP contribution in [0.2, 0.25) is 0 Å². The summed E-state index contributed by atoms with van der Waals surface area (Å²) in [6.45, 7) is 0. The summed E-state index contributed by atoms with van der Waals surface area (Å²) in [5.41, 5.74) is 1.44. The third-order valence-electron chi connectivity index (χ3n) is 1.79. The van der Waals surface area contributed by atoms with Crippen LogP contribution in [0.4, 0.5) is 0 Å². The SMILES string of the molecule is c1sc2c(c#1)CCCC2. The Morgan fingerprint density at radius 3 is 3.00 bits per heavy atom. The molecule has 1 heterocycles. The van der Waals surface area contributed by atoms with Gasteiger partial charge in [0.15, 0.2) is 0 Å². The molecule has 2 rings (SSSR count). The van der Waals surface area contributed by atoms with E-state index in [1.54, 1.807) is 11.3 Å². The lowest BCUT2D eigenvalue weighted by Gasteiger charge is -2.07. The van der Waals surface area contributed by atoms with Gasteiger partial charge in [0, 0.05) is 10.4 Å². The summed E-state index contributed by atoms with van der Waals surface area (Å²) in [4.78, 5) is 1.53. The number of fused-ring (bicyclic) bond motifs is 1. The minimum Gasteiger partial charge on any atom is -0.0880 e. The molecule has 9 heavy (non-hydrogen) atoms. The van der Waals surface area contributed by atoms with Crippen molar-refractivity contribution in [1.29, 1.82) is 0 Å². The molecule has 0 bridgehead atoms. The highest BCUT2D eigenvalue weighted by molar-refractivity contribution is 7.09. The van der Waals surface area contributed by atoms with E-state index in [4.69, 9.17) is 0 Å². The third kappa shape index (κ3) is 0.840. The van der Waals surface area contributed by atoms with Crippen molar-refractivity contribution in [2.75, 3.05) is 0 Å². The molecule has 0 spiro atoms. The maximum Gasteiger partial charge on any atom is 0.0251 e. The monoisotopic (exact) mass is 136 g/mol. The molecule has 0 saturated carbocycles. The van der Waals surface area contributed by atoms with Crippen LogP contribution in [0, 0.1) is 11.4 Å². The highest BCUT2D eigenvalue weighted by Gasteiger charge is 2.08. The number of rotatable bonds is 0. The fourth-order valence-electron chi connectivity index (χ4n) is 1.27. The van der Waals surface area contributed by atoms with Crippen LogP contribution in [0.5, 0.6) is 0 Å². The summed E-state index contributed by atoms with van der Waals surface area (Å²) in [5.74, 6) is 0. The smallest absolute Gasteiger partial charge is 0.0251 e. The molecular formula is C8H8S. The van der Waals surface area contributed by atoms with Crippen molar-refractivity contribution in [2.24, 2.45) is 0 Å². The van der Waals surface area contributed by atoms with Gasteiger partial charge >= 0.3 is 0 Å². The molecule has 0 fully saturated rings. The molecule has 0 aromatic carbocycles. The minimum atomic E-state index is 1.25. The van der Waals surface area contributed by atoms with E-state index in [-0.39, 0.29) is 0 Å². The summed E-state index contributed by atoms with van der Waals surface area (Å²) in [7, 11) is 0. The van der Waals surface area contributed by atoms with Crippen LogP contribution in [0.3, 0.4) is 0 Å². The number of aryl methyl sites for hydroxylation is 1. The summed E-state index contributed by atoms with van der Waals surface area (Å²) in [5, 5.41) is 3.06. The van der Waals surface area contributed by atoms with Crippen molar-refractivity contribution >= 4 is 11.3 Å². The lowest BCUT2D eigenvalue weighted by atomic mass is 10.0. The zero-order chi connectivity index (χ0) is 6.10. The molecule has 1 heteroatoms. The summed E-state index contributed by atoms with van der Waals surface area (Å²) in [6.07, 6.45) is 5.25. The van der Waals surface area contributed by atoms with Crippen molar-refractivity contribution in [3.8, 4) is 0 Å². The molecule has 46 valence electrons. The van der Waals surface area contributed by atoms with Gasteiger partial charge in [0.2, 0.25) is 0 Å². The van der Waals surface area contributed by atoms with Gasteiger partial charge in [-0.2, -0.15) is 0 Å². The van der Waals surface area contributed by atoms with Gasteiger partial charge in [-0.05, 0) is 31.1 Å². The van der Waals surface area contributed by atoms with Gasteiger partial charge in [0.25, 0.3) is 0 Å². The standard InChI is InChI=1S/C8H8S/c1-2-4-8-7(3-1)5-6-9-8/h1-4H2. The van der Waals surface area contributed by atoms with Crippen LogP contribution in [0.25, 0.3) is 0 Å². The van der Waals surface area contributed by atoms with Crippen molar-refractivity contribution in [3.63, 3.8) is 0 Å². The van der Waals surface area contributed by atoms with Crippen LogP contribution in [0.1, 0.15) is 23.3 Å². The molecule has 0 amide bonds. The fourth-order valence-corrected chi connectivity index (χ4v) is 2.09. The van der Waals surface area contributed by atoms with Gasteiger partial charge in [-0.3, -0.25) is 0 Å². The quantitative estimate of drug-likeness (QED) is 0.513. The first-order valence-corrected chi connectivity index (χ1v) is 4.18. The Morgan fingerprint density at radius 1 is 1.22 bits per heavy atom. The van der Waals surface area contributed by atoms with Crippen molar-refractivity contribution in [2.45, 2.75) is 25.7 Å². The van der Waals surface area contributed by atoms with E-state index in [0.29, 0.717) is 0 Å². The van der Waals surface area contributed by atoms with Gasteiger partial charge in [0.1, 0.15) is 0 Å². The first-order valence-electron chi connectivity index (χ1n) is 3.37. The Balaban J connectivity index is 2.39. The summed E-state index contributed by atoms with van der Waals surface area (Å²) in [6, 6.07) is 3.15. The predicted molar refractivity (Wildman–Crippen MR) is 38.6 cm³/mol. The maximum atomic E-state index is 3.15. The molecule has 0 nitrogen and oxygen atoms in total. The maximum absolute atomic E-state index is 3.15. The van der Waals surface area contributed by atoms with Gasteiger partial charge in [-0.1, -0.05) is 17.4 Å². The molecule has 1 aromatic rings. The predicted octanol–water partition coefficient (Wildman–Crippen LogP) is 2.23. The largest absolute Gasteiger partial charge is 0.0880 e. The normalized spacial score (nSPS) is 16.4. The zero-order valence-electron chi connectivity index (χ0n) is 5.24. The molecule has 0 atom stereocenters. The van der Waals surface area contributed by atoms with Crippen LogP contribution < -0.4 is 0 Å². The third-order valence-corrected chi connectivity index (χ3v) is 2.69. The number of hydrogen-bond donors (Lipinski definition) is 0. The lowest BCUT2D eigenvalue weighted by molar-refractivity contribution is 0.697. The molecule has 1 aliphatic rings. The second-order valence-electron chi connectivity index (χ2n) is 2.44. The van der Waals surface area contributed by atoms with E-state index in [0.717, 1.165) is 0 Å². The zero-order valence-corrected chi connectivity index (χ0v) is 6.05. The van der Waals surface area contributed by atoms with E-state index in [1.165, 1.54) is 36.1 Å². The Morgan fingerprint density at radius 2 is 2.11 bits per heavy atom. The van der Waals surface area contributed by atoms with Crippen LogP contribution in [-0.2, 0) is 12.8 Å². The Labute approximate surface area is 59.5 Å². The van der Waals surface area contributed by atoms with E-state index < -0.39 is 0 Å². The summed E-state index contributed by atoms with van der Waals surface area (Å²) >= 11 is 1.74. The molecular weight excluding hydrogens is 128 g/mol. The van der Waals surface area contributed by atoms with E-state index >= 15 is 0 Å². The molecule has 0 radical (unpaired) electrons. The molecule has 0 N–H and O–H groups in total. The molecule has 1 aliphatic carbocycles. The highest BCUT2D eigenvalue weighted by atomic mass is 32.1. The average molecular weight is 136 g/mol. The Bertz CT molecular complexity index is 180. The Hall–Kier alpha value is -0.480. The average Bonchev–Trinajstić information content (AvgIpc) is 2.33. The van der Waals surface area contributed by atoms with Gasteiger partial charge < -0.3 is 0 Å². The Kier molecular flexibility index (Phi) is 1.20. The second-order valence-corrected chi connectivity index (χ2v) is 3.34. The lowest BCUT2D eigenvalue weighted by Crippen LogP contribution is -1.96. The van der Waals surface area contributed by atoms with E-state index in [2.05, 4.69) is 11.4 Å². The first-order chi connectivity index (χ1) is 4.47. The van der Waals surface area contributed by atoms with Gasteiger partial charge in [-0.15, -0.1) is 0 Å². The van der Waals surface area contributed by atoms with E-state index in [9.17, 15) is 0 Å². The second kappa shape index (κ2) is 2.04. The van der Waals surface area contributed by atoms with Crippen LogP contribution in [-0.4, -0.2) is 0 Å². The van der Waals surface area contributed by atoms with Gasteiger partial charge in [-0.25, -0.2) is 0 Å². The van der Waals surface area contributed by atoms with Crippen LogP contribution >= 0.6 is 11.3 Å². The van der Waals surface area contributed by atoms with Crippen molar-refractivity contribution < 1.29 is 0 Å². The van der Waals surface area contributed by atoms with E-state index in [1.807, 2.05) is 0 Å². The highest BCUT2D eigenvalue weighted by Crippen LogP contribution is 2.22. The van der Waals surface area contributed by atoms with Crippen molar-refractivity contribution in [1.82, 2.24) is 0 Å². The number of hydrogen-bond acceptors (Lipinski definition) is 1. The molecule has 0 aliphatic heterocycles. The molecule has 0 unspecified atom stereocenters. The fraction of sp³-hybridized carbons (Fsp3) is 0.500. The molecule has 0 saturated heterocycles. The topological polar surface area (TPSA) is 0 Å². The van der Waals surface area contributed by atoms with Crippen LogP contribution in [0.15, 0.2) is 0 Å². The molecule has 1 aromatic heterocycles. The van der Waals surface area contributed by atoms with Crippen molar-refractivity contribution in [3.05, 3.63) is 21.9 Å². The van der Waals surface area contributed by atoms with Gasteiger partial charge in [0.05, 0.1) is 0 Å².